The third-order valence-electron chi connectivity index (χ3n) is 4.71. The molecular formula is C20H30N6O4. The minimum Gasteiger partial charge on any atom is -0.443 e. The summed E-state index contributed by atoms with van der Waals surface area (Å²) in [5, 5.41) is 12.0. The minimum absolute atomic E-state index is 0.0539. The Morgan fingerprint density at radius 1 is 1.17 bits per heavy atom. The maximum Gasteiger partial charge on any atom is 0.429 e. The van der Waals surface area contributed by atoms with Crippen LogP contribution in [-0.2, 0) is 16.1 Å². The zero-order valence-electron chi connectivity index (χ0n) is 17.8. The summed E-state index contributed by atoms with van der Waals surface area (Å²) < 4.78 is 10.9. The maximum atomic E-state index is 13.0. The molecule has 0 bridgehead atoms. The quantitative estimate of drug-likeness (QED) is 0.770. The lowest BCUT2D eigenvalue weighted by molar-refractivity contribution is -0.194. The standard InChI is InChI=1S/C20H30N6O4/c1-20(2,3)30-19(28)25(17-12-8-5-9-13-17)24-15-21-23-26(24)22-18(27)29-14-16-10-6-4-7-11-16/h4,6-7,10-11,17H,5,8-9,12-15H2,1-3H3,(H,22,27). The molecule has 30 heavy (non-hydrogen) atoms. The van der Waals surface area contributed by atoms with E-state index in [1.54, 1.807) is 0 Å². The van der Waals surface area contributed by atoms with Gasteiger partial charge in [-0.05, 0) is 44.4 Å². The van der Waals surface area contributed by atoms with Crippen molar-refractivity contribution in [2.45, 2.75) is 71.1 Å². The molecule has 0 saturated heterocycles. The Kier molecular flexibility index (Phi) is 7.09. The summed E-state index contributed by atoms with van der Waals surface area (Å²) in [6.45, 7) is 5.67. The van der Waals surface area contributed by atoms with Crippen molar-refractivity contribution in [3.05, 3.63) is 35.9 Å². The number of hydrogen-bond donors (Lipinski definition) is 1. The molecule has 1 heterocycles. The molecule has 0 unspecified atom stereocenters. The van der Waals surface area contributed by atoms with Crippen molar-refractivity contribution in [2.24, 2.45) is 10.3 Å². The van der Waals surface area contributed by atoms with E-state index in [1.165, 1.54) is 10.1 Å². The topological polar surface area (TPSA) is 99.1 Å². The van der Waals surface area contributed by atoms with E-state index in [9.17, 15) is 9.59 Å². The van der Waals surface area contributed by atoms with Crippen LogP contribution in [-0.4, -0.2) is 45.9 Å². The van der Waals surface area contributed by atoms with Gasteiger partial charge in [-0.3, -0.25) is 0 Å². The molecule has 1 aromatic carbocycles. The molecule has 10 heteroatoms. The van der Waals surface area contributed by atoms with Crippen LogP contribution < -0.4 is 5.43 Å². The first kappa shape index (κ1) is 21.8. The van der Waals surface area contributed by atoms with Gasteiger partial charge in [0.25, 0.3) is 0 Å². The molecule has 1 aliphatic carbocycles. The van der Waals surface area contributed by atoms with Crippen LogP contribution in [0.5, 0.6) is 0 Å². The Bertz CT molecular complexity index is 745. The van der Waals surface area contributed by atoms with Crippen LogP contribution >= 0.6 is 0 Å². The highest BCUT2D eigenvalue weighted by Gasteiger charge is 2.39. The van der Waals surface area contributed by atoms with E-state index in [2.05, 4.69) is 15.8 Å². The Morgan fingerprint density at radius 2 is 1.87 bits per heavy atom. The van der Waals surface area contributed by atoms with Gasteiger partial charge in [-0.25, -0.2) is 14.6 Å². The summed E-state index contributed by atoms with van der Waals surface area (Å²) in [5.41, 5.74) is 2.74. The van der Waals surface area contributed by atoms with Gasteiger partial charge in [-0.15, -0.1) is 5.11 Å². The number of nitrogens with one attached hydrogen (secondary N) is 1. The number of ether oxygens (including phenoxy) is 2. The number of carbonyl (C=O) groups is 2. The van der Waals surface area contributed by atoms with Gasteiger partial charge < -0.3 is 9.47 Å². The van der Waals surface area contributed by atoms with Gasteiger partial charge in [0.1, 0.15) is 12.2 Å². The van der Waals surface area contributed by atoms with Gasteiger partial charge >= 0.3 is 12.2 Å². The lowest BCUT2D eigenvalue weighted by Gasteiger charge is -2.41. The summed E-state index contributed by atoms with van der Waals surface area (Å²) >= 11 is 0. The van der Waals surface area contributed by atoms with Crippen LogP contribution in [0.4, 0.5) is 9.59 Å². The number of benzene rings is 1. The van der Waals surface area contributed by atoms with Crippen LogP contribution in [0.2, 0.25) is 0 Å². The van der Waals surface area contributed by atoms with Gasteiger partial charge in [-0.1, -0.05) is 59.9 Å². The number of hydrogen-bond acceptors (Lipinski definition) is 8. The predicted octanol–water partition coefficient (Wildman–Crippen LogP) is 4.17. The van der Waals surface area contributed by atoms with Gasteiger partial charge in [-0.2, -0.15) is 5.43 Å². The molecule has 1 saturated carbocycles. The number of nitrogens with zero attached hydrogens (tertiary/aromatic N) is 5. The summed E-state index contributed by atoms with van der Waals surface area (Å²) in [6, 6.07) is 9.31. The SMILES string of the molecule is CC(C)(C)OC(=O)N(C1CCCCC1)N1CN=NN1NC(=O)OCc1ccccc1. The highest BCUT2D eigenvalue weighted by atomic mass is 16.6. The van der Waals surface area contributed by atoms with E-state index in [4.69, 9.17) is 9.47 Å². The summed E-state index contributed by atoms with van der Waals surface area (Å²) in [5.74, 6) is 0. The number of carbonyl (C=O) groups excluding carboxylic acids is 2. The second kappa shape index (κ2) is 9.75. The van der Waals surface area contributed by atoms with E-state index in [-0.39, 0.29) is 19.3 Å². The molecule has 1 aliphatic heterocycles. The van der Waals surface area contributed by atoms with Crippen LogP contribution in [0, 0.1) is 0 Å². The molecular weight excluding hydrogens is 388 g/mol. The normalized spacial score (nSPS) is 17.6. The summed E-state index contributed by atoms with van der Waals surface area (Å²) in [4.78, 5) is 25.3. The zero-order valence-corrected chi connectivity index (χ0v) is 17.8. The fraction of sp³-hybridized carbons (Fsp3) is 0.600. The molecule has 1 N–H and O–H groups in total. The molecule has 164 valence electrons. The van der Waals surface area contributed by atoms with Crippen molar-refractivity contribution in [3.63, 3.8) is 0 Å². The van der Waals surface area contributed by atoms with E-state index >= 15 is 0 Å². The van der Waals surface area contributed by atoms with E-state index in [0.717, 1.165) is 42.9 Å². The fourth-order valence-electron chi connectivity index (χ4n) is 3.39. The third kappa shape index (κ3) is 6.06. The first-order valence-corrected chi connectivity index (χ1v) is 10.3. The second-order valence-corrected chi connectivity index (χ2v) is 8.32. The molecule has 0 atom stereocenters. The van der Waals surface area contributed by atoms with Crippen LogP contribution in [0.25, 0.3) is 0 Å². The van der Waals surface area contributed by atoms with E-state index in [1.807, 2.05) is 51.1 Å². The van der Waals surface area contributed by atoms with E-state index < -0.39 is 17.8 Å². The molecule has 2 aliphatic rings. The van der Waals surface area contributed by atoms with Gasteiger partial charge in [0.05, 0.1) is 6.04 Å². The molecule has 3 rings (SSSR count). The van der Waals surface area contributed by atoms with Crippen molar-refractivity contribution in [3.8, 4) is 0 Å². The Labute approximate surface area is 176 Å². The first-order valence-electron chi connectivity index (χ1n) is 10.3. The highest BCUT2D eigenvalue weighted by molar-refractivity contribution is 5.68. The van der Waals surface area contributed by atoms with Crippen molar-refractivity contribution < 1.29 is 19.1 Å². The van der Waals surface area contributed by atoms with Crippen LogP contribution in [0.15, 0.2) is 40.7 Å². The molecule has 1 aromatic rings. The van der Waals surface area contributed by atoms with Crippen molar-refractivity contribution in [2.75, 3.05) is 6.67 Å². The van der Waals surface area contributed by atoms with Gasteiger partial charge in [0, 0.05) is 0 Å². The van der Waals surface area contributed by atoms with Crippen LogP contribution in [0.3, 0.4) is 0 Å². The van der Waals surface area contributed by atoms with Crippen LogP contribution in [0.1, 0.15) is 58.4 Å². The Hall–Kier alpha value is -2.88. The van der Waals surface area contributed by atoms with Crippen molar-refractivity contribution in [1.29, 1.82) is 0 Å². The maximum absolute atomic E-state index is 13.0. The fourth-order valence-corrected chi connectivity index (χ4v) is 3.39. The lowest BCUT2D eigenvalue weighted by atomic mass is 9.95. The molecule has 0 spiro atoms. The van der Waals surface area contributed by atoms with Crippen molar-refractivity contribution in [1.82, 2.24) is 20.8 Å². The monoisotopic (exact) mass is 418 g/mol. The molecule has 1 fully saturated rings. The Balaban J connectivity index is 1.66. The Morgan fingerprint density at radius 3 is 2.53 bits per heavy atom. The highest BCUT2D eigenvalue weighted by Crippen LogP contribution is 2.27. The van der Waals surface area contributed by atoms with Gasteiger partial charge in [0.2, 0.25) is 0 Å². The molecule has 10 nitrogen and oxygen atoms in total. The summed E-state index contributed by atoms with van der Waals surface area (Å²) in [6.07, 6.45) is 3.70. The van der Waals surface area contributed by atoms with Gasteiger partial charge in [0.15, 0.2) is 6.67 Å². The lowest BCUT2D eigenvalue weighted by Crippen LogP contribution is -2.61. The van der Waals surface area contributed by atoms with E-state index in [0.29, 0.717) is 0 Å². The third-order valence-corrected chi connectivity index (χ3v) is 4.71. The number of hydrazine groups is 3. The number of rotatable bonds is 5. The minimum atomic E-state index is -0.697. The molecule has 2 amide bonds. The first-order chi connectivity index (χ1) is 14.3. The smallest absolute Gasteiger partial charge is 0.429 e. The molecule has 0 radical (unpaired) electrons. The average molecular weight is 418 g/mol. The van der Waals surface area contributed by atoms with Crippen molar-refractivity contribution >= 4 is 12.2 Å². The predicted molar refractivity (Wildman–Crippen MR) is 108 cm³/mol. The summed E-state index contributed by atoms with van der Waals surface area (Å²) in [7, 11) is 0. The largest absolute Gasteiger partial charge is 0.443 e. The molecule has 0 aromatic heterocycles. The number of amides is 2. The second-order valence-electron chi connectivity index (χ2n) is 8.32. The average Bonchev–Trinajstić information content (AvgIpc) is 3.14. The zero-order chi connectivity index (χ0) is 21.6.